The highest BCUT2D eigenvalue weighted by Crippen LogP contribution is 2.17. The average molecular weight is 327 g/mol. The largest absolute Gasteiger partial charge is 0.481 e. The molecule has 0 atom stereocenters. The molecule has 21 heavy (non-hydrogen) atoms. The molecule has 2 aromatic rings. The number of aliphatic carboxylic acids is 1. The highest BCUT2D eigenvalue weighted by molar-refractivity contribution is 7.92. The minimum atomic E-state index is -3.52. The van der Waals surface area contributed by atoms with Gasteiger partial charge in [-0.3, -0.25) is 14.5 Å². The van der Waals surface area contributed by atoms with Gasteiger partial charge in [0.25, 0.3) is 0 Å². The Morgan fingerprint density at radius 1 is 1.33 bits per heavy atom. The van der Waals surface area contributed by atoms with Gasteiger partial charge in [-0.25, -0.2) is 13.4 Å². The molecule has 2 aromatic heterocycles. The summed E-state index contributed by atoms with van der Waals surface area (Å²) in [6.07, 6.45) is 3.35. The third kappa shape index (κ3) is 5.12. The van der Waals surface area contributed by atoms with Crippen molar-refractivity contribution in [3.63, 3.8) is 0 Å². The first-order valence-electron chi connectivity index (χ1n) is 6.00. The summed E-state index contributed by atoms with van der Waals surface area (Å²) in [5, 5.41) is 10.3. The van der Waals surface area contributed by atoms with Gasteiger partial charge in [0.1, 0.15) is 0 Å². The van der Waals surface area contributed by atoms with Crippen molar-refractivity contribution >= 4 is 32.5 Å². The Bertz CT molecular complexity index is 713. The first-order chi connectivity index (χ1) is 9.94. The van der Waals surface area contributed by atoms with E-state index < -0.39 is 16.0 Å². The fraction of sp³-hybridized carbons (Fsp3) is 0.250. The van der Waals surface area contributed by atoms with Gasteiger partial charge in [0.2, 0.25) is 10.0 Å². The third-order valence-corrected chi connectivity index (χ3v) is 4.72. The first-order valence-corrected chi connectivity index (χ1v) is 8.53. The number of nitrogens with zero attached hydrogens (tertiary/aromatic N) is 2. The number of carboxylic acids is 1. The molecule has 0 saturated heterocycles. The molecule has 0 bridgehead atoms. The van der Waals surface area contributed by atoms with Gasteiger partial charge in [-0.2, -0.15) is 0 Å². The van der Waals surface area contributed by atoms with Gasteiger partial charge in [-0.05, 0) is 24.1 Å². The fourth-order valence-corrected chi connectivity index (χ4v) is 3.62. The molecular formula is C12H13N3O4S2. The highest BCUT2D eigenvalue weighted by atomic mass is 32.2. The molecule has 2 N–H and O–H groups in total. The maximum atomic E-state index is 11.9. The molecule has 112 valence electrons. The van der Waals surface area contributed by atoms with Crippen molar-refractivity contribution in [1.29, 1.82) is 0 Å². The Morgan fingerprint density at radius 3 is 2.71 bits per heavy atom. The molecule has 2 rings (SSSR count). The zero-order valence-corrected chi connectivity index (χ0v) is 12.5. The van der Waals surface area contributed by atoms with Crippen LogP contribution < -0.4 is 4.72 Å². The number of hydrogen-bond acceptors (Lipinski definition) is 6. The number of aryl methyl sites for hydroxylation is 1. The molecule has 0 aromatic carbocycles. The zero-order valence-electron chi connectivity index (χ0n) is 10.9. The van der Waals surface area contributed by atoms with Gasteiger partial charge in [0, 0.05) is 17.8 Å². The number of aromatic nitrogens is 2. The zero-order chi connectivity index (χ0) is 15.3. The van der Waals surface area contributed by atoms with E-state index in [0.29, 0.717) is 12.1 Å². The third-order valence-electron chi connectivity index (χ3n) is 2.54. The van der Waals surface area contributed by atoms with Gasteiger partial charge in [0.05, 0.1) is 17.9 Å². The maximum absolute atomic E-state index is 11.9. The van der Waals surface area contributed by atoms with Crippen LogP contribution in [0.5, 0.6) is 0 Å². The summed E-state index contributed by atoms with van der Waals surface area (Å²) in [7, 11) is -3.52. The van der Waals surface area contributed by atoms with Crippen LogP contribution >= 0.6 is 11.3 Å². The minimum absolute atomic E-state index is 0.0785. The summed E-state index contributed by atoms with van der Waals surface area (Å²) in [4.78, 5) is 18.3. The number of thiazole rings is 1. The Labute approximate surface area is 125 Å². The molecule has 0 aliphatic heterocycles. The van der Waals surface area contributed by atoms with E-state index in [1.54, 1.807) is 24.5 Å². The van der Waals surface area contributed by atoms with Crippen molar-refractivity contribution in [1.82, 2.24) is 9.97 Å². The van der Waals surface area contributed by atoms with Gasteiger partial charge in [0.15, 0.2) is 5.13 Å². The summed E-state index contributed by atoms with van der Waals surface area (Å²) in [6, 6.07) is 3.51. The van der Waals surface area contributed by atoms with Crippen molar-refractivity contribution in [2.24, 2.45) is 0 Å². The number of carbonyl (C=O) groups is 1. The molecular weight excluding hydrogens is 314 g/mol. The average Bonchev–Trinajstić information content (AvgIpc) is 2.83. The molecule has 0 spiro atoms. The lowest BCUT2D eigenvalue weighted by Gasteiger charge is -2.04. The smallest absolute Gasteiger partial charge is 0.309 e. The van der Waals surface area contributed by atoms with Gasteiger partial charge < -0.3 is 5.11 Å². The molecule has 0 unspecified atom stereocenters. The second-order valence-electron chi connectivity index (χ2n) is 4.24. The number of rotatable bonds is 7. The lowest BCUT2D eigenvalue weighted by atomic mass is 10.2. The summed E-state index contributed by atoms with van der Waals surface area (Å²) in [5.74, 6) is -1.09. The van der Waals surface area contributed by atoms with Crippen LogP contribution in [0.2, 0.25) is 0 Å². The molecule has 0 saturated carbocycles. The van der Waals surface area contributed by atoms with E-state index in [4.69, 9.17) is 5.11 Å². The molecule has 0 aliphatic rings. The van der Waals surface area contributed by atoms with Crippen LogP contribution in [0.15, 0.2) is 29.9 Å². The van der Waals surface area contributed by atoms with Gasteiger partial charge in [-0.1, -0.05) is 0 Å². The van der Waals surface area contributed by atoms with Crippen LogP contribution in [-0.2, 0) is 27.7 Å². The minimum Gasteiger partial charge on any atom is -0.481 e. The van der Waals surface area contributed by atoms with E-state index in [1.165, 1.54) is 5.38 Å². The van der Waals surface area contributed by atoms with Crippen molar-refractivity contribution < 1.29 is 18.3 Å². The van der Waals surface area contributed by atoms with E-state index >= 15 is 0 Å². The Balaban J connectivity index is 1.94. The van der Waals surface area contributed by atoms with Crippen LogP contribution in [0.1, 0.15) is 11.3 Å². The van der Waals surface area contributed by atoms with E-state index in [-0.39, 0.29) is 17.3 Å². The lowest BCUT2D eigenvalue weighted by molar-refractivity contribution is -0.136. The number of sulfonamides is 1. The SMILES string of the molecule is O=C(O)Cc1csc(NS(=O)(=O)CCc2ccncc2)n1. The first kappa shape index (κ1) is 15.4. The van der Waals surface area contributed by atoms with Crippen molar-refractivity contribution in [3.8, 4) is 0 Å². The molecule has 0 radical (unpaired) electrons. The molecule has 0 fully saturated rings. The number of hydrogen-bond donors (Lipinski definition) is 2. The van der Waals surface area contributed by atoms with Crippen LogP contribution in [0.25, 0.3) is 0 Å². The number of nitrogens with one attached hydrogen (secondary N) is 1. The van der Waals surface area contributed by atoms with Crippen molar-refractivity contribution in [3.05, 3.63) is 41.2 Å². The Kier molecular flexibility index (Phi) is 4.86. The summed E-state index contributed by atoms with van der Waals surface area (Å²) in [6.45, 7) is 0. The highest BCUT2D eigenvalue weighted by Gasteiger charge is 2.14. The fourth-order valence-electron chi connectivity index (χ4n) is 1.58. The predicted molar refractivity (Wildman–Crippen MR) is 78.8 cm³/mol. The molecule has 7 nitrogen and oxygen atoms in total. The van der Waals surface area contributed by atoms with E-state index in [9.17, 15) is 13.2 Å². The summed E-state index contributed by atoms with van der Waals surface area (Å²) < 4.78 is 26.2. The lowest BCUT2D eigenvalue weighted by Crippen LogP contribution is -2.18. The standard InChI is InChI=1S/C12H13N3O4S2/c16-11(17)7-10-8-20-12(14-10)15-21(18,19)6-3-9-1-4-13-5-2-9/h1-2,4-5,8H,3,6-7H2,(H,14,15)(H,16,17). The maximum Gasteiger partial charge on any atom is 0.309 e. The van der Waals surface area contributed by atoms with E-state index in [1.807, 2.05) is 0 Å². The van der Waals surface area contributed by atoms with E-state index in [0.717, 1.165) is 16.9 Å². The van der Waals surface area contributed by atoms with Gasteiger partial charge >= 0.3 is 5.97 Å². The Hall–Kier alpha value is -2.00. The monoisotopic (exact) mass is 327 g/mol. The second kappa shape index (κ2) is 6.64. The number of pyridine rings is 1. The quantitative estimate of drug-likeness (QED) is 0.789. The number of anilines is 1. The summed E-state index contributed by atoms with van der Waals surface area (Å²) in [5.41, 5.74) is 1.21. The predicted octanol–water partition coefficient (Wildman–Crippen LogP) is 1.15. The van der Waals surface area contributed by atoms with E-state index in [2.05, 4.69) is 14.7 Å². The molecule has 0 aliphatic carbocycles. The Morgan fingerprint density at radius 2 is 2.05 bits per heavy atom. The molecule has 0 amide bonds. The van der Waals surface area contributed by atoms with Crippen LogP contribution in [0.3, 0.4) is 0 Å². The summed E-state index contributed by atoms with van der Waals surface area (Å²) >= 11 is 1.07. The van der Waals surface area contributed by atoms with Crippen LogP contribution in [-0.4, -0.2) is 35.2 Å². The number of carboxylic acid groups (broad SMARTS) is 1. The second-order valence-corrected chi connectivity index (χ2v) is 6.94. The normalized spacial score (nSPS) is 11.2. The van der Waals surface area contributed by atoms with Crippen LogP contribution in [0.4, 0.5) is 5.13 Å². The van der Waals surface area contributed by atoms with Crippen LogP contribution in [0, 0.1) is 0 Å². The molecule has 2 heterocycles. The van der Waals surface area contributed by atoms with Gasteiger partial charge in [-0.15, -0.1) is 11.3 Å². The topological polar surface area (TPSA) is 109 Å². The van der Waals surface area contributed by atoms with Crippen molar-refractivity contribution in [2.75, 3.05) is 10.5 Å². The van der Waals surface area contributed by atoms with Crippen molar-refractivity contribution in [2.45, 2.75) is 12.8 Å². The molecule has 9 heteroatoms.